The monoisotopic (exact) mass is 301 g/mol. The summed E-state index contributed by atoms with van der Waals surface area (Å²) < 4.78 is 1.21. The summed E-state index contributed by atoms with van der Waals surface area (Å²) in [6.07, 6.45) is 4.83. The maximum Gasteiger partial charge on any atom is 0.0701 e. The highest BCUT2D eigenvalue weighted by molar-refractivity contribution is 9.11. The van der Waals surface area contributed by atoms with Crippen LogP contribution in [-0.2, 0) is 6.42 Å². The molecule has 0 spiro atoms. The summed E-state index contributed by atoms with van der Waals surface area (Å²) >= 11 is 5.34. The first-order chi connectivity index (χ1) is 7.49. The molecule has 0 aromatic carbocycles. The third kappa shape index (κ3) is 2.69. The molecule has 0 aliphatic heterocycles. The van der Waals surface area contributed by atoms with E-state index in [0.717, 1.165) is 12.3 Å². The summed E-state index contributed by atoms with van der Waals surface area (Å²) in [5.74, 6) is 1.43. The molecule has 3 heteroatoms. The molecule has 1 heterocycles. The van der Waals surface area contributed by atoms with Gasteiger partial charge in [-0.25, -0.2) is 0 Å². The fraction of sp³-hybridized carbons (Fsp3) is 0.692. The van der Waals surface area contributed by atoms with E-state index in [-0.39, 0.29) is 5.54 Å². The number of halogens is 1. The second-order valence-electron chi connectivity index (χ2n) is 5.40. The van der Waals surface area contributed by atoms with Crippen molar-refractivity contribution in [2.24, 2.45) is 17.6 Å². The highest BCUT2D eigenvalue weighted by Crippen LogP contribution is 2.38. The average Bonchev–Trinajstić information content (AvgIpc) is 2.58. The van der Waals surface area contributed by atoms with Crippen LogP contribution in [0.3, 0.4) is 0 Å². The zero-order valence-electron chi connectivity index (χ0n) is 10.0. The van der Waals surface area contributed by atoms with Crippen molar-refractivity contribution in [1.82, 2.24) is 0 Å². The molecule has 0 radical (unpaired) electrons. The normalized spacial score (nSPS) is 35.2. The van der Waals surface area contributed by atoms with Gasteiger partial charge < -0.3 is 5.73 Å². The van der Waals surface area contributed by atoms with Gasteiger partial charge in [-0.1, -0.05) is 20.3 Å². The van der Waals surface area contributed by atoms with Gasteiger partial charge in [0.1, 0.15) is 0 Å². The van der Waals surface area contributed by atoms with Gasteiger partial charge in [0.25, 0.3) is 0 Å². The molecule has 0 bridgehead atoms. The SMILES string of the molecule is CC1CCC(C)C(N)(Cc2ccc(Br)s2)C1. The van der Waals surface area contributed by atoms with Crippen molar-refractivity contribution < 1.29 is 0 Å². The van der Waals surface area contributed by atoms with E-state index >= 15 is 0 Å². The summed E-state index contributed by atoms with van der Waals surface area (Å²) in [4.78, 5) is 1.41. The Bertz CT molecular complexity index is 363. The Balaban J connectivity index is 2.11. The first-order valence-corrected chi connectivity index (χ1v) is 7.63. The zero-order chi connectivity index (χ0) is 11.8. The lowest BCUT2D eigenvalue weighted by molar-refractivity contribution is 0.162. The van der Waals surface area contributed by atoms with Crippen molar-refractivity contribution in [3.05, 3.63) is 20.8 Å². The molecular weight excluding hydrogens is 282 g/mol. The van der Waals surface area contributed by atoms with Crippen LogP contribution in [-0.4, -0.2) is 5.54 Å². The number of rotatable bonds is 2. The molecule has 2 rings (SSSR count). The highest BCUT2D eigenvalue weighted by atomic mass is 79.9. The lowest BCUT2D eigenvalue weighted by Crippen LogP contribution is -2.51. The van der Waals surface area contributed by atoms with Gasteiger partial charge in [0.05, 0.1) is 3.79 Å². The Hall–Kier alpha value is 0.140. The van der Waals surface area contributed by atoms with Crippen molar-refractivity contribution in [2.75, 3.05) is 0 Å². The Morgan fingerprint density at radius 1 is 1.44 bits per heavy atom. The summed E-state index contributed by atoms with van der Waals surface area (Å²) in [6.45, 7) is 4.65. The van der Waals surface area contributed by atoms with Gasteiger partial charge in [0, 0.05) is 16.8 Å². The third-order valence-corrected chi connectivity index (χ3v) is 5.56. The smallest absolute Gasteiger partial charge is 0.0701 e. The van der Waals surface area contributed by atoms with E-state index in [0.29, 0.717) is 5.92 Å². The number of thiophene rings is 1. The Kier molecular flexibility index (Phi) is 3.77. The molecule has 1 aliphatic rings. The van der Waals surface area contributed by atoms with Crippen molar-refractivity contribution in [1.29, 1.82) is 0 Å². The maximum atomic E-state index is 6.63. The molecule has 1 aliphatic carbocycles. The van der Waals surface area contributed by atoms with E-state index in [9.17, 15) is 0 Å². The quantitative estimate of drug-likeness (QED) is 0.870. The lowest BCUT2D eigenvalue weighted by Gasteiger charge is -2.42. The van der Waals surface area contributed by atoms with Crippen molar-refractivity contribution in [3.8, 4) is 0 Å². The van der Waals surface area contributed by atoms with E-state index in [1.54, 1.807) is 0 Å². The molecule has 90 valence electrons. The van der Waals surface area contributed by atoms with Crippen LogP contribution in [0.15, 0.2) is 15.9 Å². The second kappa shape index (κ2) is 4.79. The van der Waals surface area contributed by atoms with Crippen molar-refractivity contribution in [3.63, 3.8) is 0 Å². The Morgan fingerprint density at radius 2 is 2.19 bits per heavy atom. The Labute approximate surface area is 111 Å². The summed E-state index contributed by atoms with van der Waals surface area (Å²) in [5, 5.41) is 0. The van der Waals surface area contributed by atoms with Gasteiger partial charge in [0.15, 0.2) is 0 Å². The van der Waals surface area contributed by atoms with Gasteiger partial charge >= 0.3 is 0 Å². The predicted octanol–water partition coefficient (Wildman–Crippen LogP) is 4.21. The lowest BCUT2D eigenvalue weighted by atomic mass is 9.68. The summed E-state index contributed by atoms with van der Waals surface area (Å²) in [6, 6.07) is 4.33. The molecule has 3 unspecified atom stereocenters. The molecular formula is C13H20BrNS. The molecule has 1 aromatic rings. The number of hydrogen-bond donors (Lipinski definition) is 1. The Morgan fingerprint density at radius 3 is 2.81 bits per heavy atom. The minimum absolute atomic E-state index is 0.0158. The van der Waals surface area contributed by atoms with Gasteiger partial charge in [-0.3, -0.25) is 0 Å². The molecule has 1 nitrogen and oxygen atoms in total. The molecule has 1 saturated carbocycles. The average molecular weight is 302 g/mol. The summed E-state index contributed by atoms with van der Waals surface area (Å²) in [5.41, 5.74) is 6.64. The van der Waals surface area contributed by atoms with Crippen LogP contribution in [0, 0.1) is 11.8 Å². The van der Waals surface area contributed by atoms with Crippen LogP contribution in [0.25, 0.3) is 0 Å². The zero-order valence-corrected chi connectivity index (χ0v) is 12.4. The first kappa shape index (κ1) is 12.6. The molecule has 1 aromatic heterocycles. The van der Waals surface area contributed by atoms with Crippen molar-refractivity contribution in [2.45, 2.75) is 45.1 Å². The first-order valence-electron chi connectivity index (χ1n) is 6.03. The highest BCUT2D eigenvalue weighted by Gasteiger charge is 2.37. The van der Waals surface area contributed by atoms with E-state index in [1.807, 2.05) is 11.3 Å². The molecule has 2 N–H and O–H groups in total. The molecule has 0 saturated heterocycles. The maximum absolute atomic E-state index is 6.63. The van der Waals surface area contributed by atoms with Crippen LogP contribution < -0.4 is 5.73 Å². The number of nitrogens with two attached hydrogens (primary N) is 1. The minimum atomic E-state index is 0.0158. The van der Waals surface area contributed by atoms with E-state index < -0.39 is 0 Å². The standard InChI is InChI=1S/C13H20BrNS/c1-9-3-4-10(2)13(15,7-9)8-11-5-6-12(14)16-11/h5-6,9-10H,3-4,7-8,15H2,1-2H3. The molecule has 1 fully saturated rings. The topological polar surface area (TPSA) is 26.0 Å². The van der Waals surface area contributed by atoms with Gasteiger partial charge in [-0.15, -0.1) is 11.3 Å². The van der Waals surface area contributed by atoms with E-state index in [2.05, 4.69) is 41.9 Å². The van der Waals surface area contributed by atoms with Crippen molar-refractivity contribution >= 4 is 27.3 Å². The largest absolute Gasteiger partial charge is 0.325 e. The van der Waals surface area contributed by atoms with E-state index in [1.165, 1.54) is 27.9 Å². The van der Waals surface area contributed by atoms with E-state index in [4.69, 9.17) is 5.73 Å². The van der Waals surface area contributed by atoms with Crippen LogP contribution in [0.5, 0.6) is 0 Å². The van der Waals surface area contributed by atoms with Gasteiger partial charge in [-0.2, -0.15) is 0 Å². The third-order valence-electron chi connectivity index (χ3n) is 3.93. The minimum Gasteiger partial charge on any atom is -0.325 e. The van der Waals surface area contributed by atoms with Crippen LogP contribution in [0.2, 0.25) is 0 Å². The summed E-state index contributed by atoms with van der Waals surface area (Å²) in [7, 11) is 0. The fourth-order valence-electron chi connectivity index (χ4n) is 2.79. The van der Waals surface area contributed by atoms with Crippen LogP contribution in [0.4, 0.5) is 0 Å². The molecule has 16 heavy (non-hydrogen) atoms. The fourth-order valence-corrected chi connectivity index (χ4v) is 4.41. The second-order valence-corrected chi connectivity index (χ2v) is 7.95. The molecule has 3 atom stereocenters. The number of hydrogen-bond acceptors (Lipinski definition) is 2. The molecule has 0 amide bonds. The van der Waals surface area contributed by atoms with Gasteiger partial charge in [0.2, 0.25) is 0 Å². The van der Waals surface area contributed by atoms with Crippen LogP contribution in [0.1, 0.15) is 38.0 Å². The van der Waals surface area contributed by atoms with Crippen LogP contribution >= 0.6 is 27.3 Å². The predicted molar refractivity (Wildman–Crippen MR) is 74.8 cm³/mol. The van der Waals surface area contributed by atoms with Gasteiger partial charge in [-0.05, 0) is 52.7 Å².